The first kappa shape index (κ1) is 29.9. The number of aromatic nitrogens is 2. The summed E-state index contributed by atoms with van der Waals surface area (Å²) in [6, 6.07) is 27.8. The second kappa shape index (κ2) is 12.9. The molecule has 0 aliphatic carbocycles. The summed E-state index contributed by atoms with van der Waals surface area (Å²) in [4.78, 5) is 32.2. The molecular formula is C35H38N6O4. The first-order valence-corrected chi connectivity index (χ1v) is 15.2. The number of anilines is 1. The van der Waals surface area contributed by atoms with E-state index in [4.69, 9.17) is 9.47 Å². The number of nitrogens with one attached hydrogen (secondary N) is 1. The molecule has 1 fully saturated rings. The first-order chi connectivity index (χ1) is 21.7. The van der Waals surface area contributed by atoms with Gasteiger partial charge >= 0.3 is 6.03 Å². The number of fused-ring (bicyclic) bond motifs is 1. The number of urea groups is 1. The van der Waals surface area contributed by atoms with Crippen LogP contribution in [0.5, 0.6) is 11.5 Å². The lowest BCUT2D eigenvalue weighted by atomic mass is 10.0. The first-order valence-electron chi connectivity index (χ1n) is 15.2. The Kier molecular flexibility index (Phi) is 8.55. The molecule has 3 aromatic carbocycles. The number of benzene rings is 3. The number of carbonyl (C=O) groups excluding carboxylic acids is 2. The zero-order valence-electron chi connectivity index (χ0n) is 25.9. The number of amides is 3. The summed E-state index contributed by atoms with van der Waals surface area (Å²) in [5, 5.41) is 12.0. The smallest absolute Gasteiger partial charge is 0.318 e. The average molecular weight is 607 g/mol. The normalized spacial score (nSPS) is 14.3. The van der Waals surface area contributed by atoms with Crippen molar-refractivity contribution in [2.45, 2.75) is 32.9 Å². The maximum Gasteiger partial charge on any atom is 0.318 e. The molecule has 10 nitrogen and oxygen atoms in total. The third-order valence-corrected chi connectivity index (χ3v) is 7.80. The second-order valence-electron chi connectivity index (χ2n) is 12.3. The van der Waals surface area contributed by atoms with Crippen LogP contribution in [-0.2, 0) is 11.3 Å². The molecule has 2 aliphatic rings. The largest absolute Gasteiger partial charge is 0.454 e. The molecule has 232 valence electrons. The minimum absolute atomic E-state index is 0.0338. The van der Waals surface area contributed by atoms with E-state index in [0.717, 1.165) is 28.2 Å². The van der Waals surface area contributed by atoms with Gasteiger partial charge in [0.1, 0.15) is 6.54 Å². The van der Waals surface area contributed by atoms with Crippen LogP contribution in [0.25, 0.3) is 22.4 Å². The van der Waals surface area contributed by atoms with Crippen molar-refractivity contribution in [2.75, 3.05) is 44.4 Å². The third-order valence-electron chi connectivity index (χ3n) is 7.80. The van der Waals surface area contributed by atoms with Crippen LogP contribution in [0.2, 0.25) is 0 Å². The van der Waals surface area contributed by atoms with E-state index >= 15 is 0 Å². The Balaban J connectivity index is 1.05. The highest BCUT2D eigenvalue weighted by Gasteiger charge is 2.27. The van der Waals surface area contributed by atoms with Gasteiger partial charge in [0.25, 0.3) is 0 Å². The predicted molar refractivity (Wildman–Crippen MR) is 173 cm³/mol. The van der Waals surface area contributed by atoms with Crippen LogP contribution in [0.1, 0.15) is 26.3 Å². The van der Waals surface area contributed by atoms with Gasteiger partial charge in [-0.1, -0.05) is 60.7 Å². The summed E-state index contributed by atoms with van der Waals surface area (Å²) in [7, 11) is 0. The lowest BCUT2D eigenvalue weighted by Crippen LogP contribution is -2.54. The lowest BCUT2D eigenvalue weighted by molar-refractivity contribution is -0.132. The van der Waals surface area contributed by atoms with Gasteiger partial charge in [0.15, 0.2) is 17.3 Å². The number of rotatable bonds is 7. The molecule has 4 aromatic rings. The van der Waals surface area contributed by atoms with E-state index in [2.05, 4.69) is 56.8 Å². The van der Waals surface area contributed by atoms with Gasteiger partial charge in [-0.05, 0) is 61.7 Å². The molecule has 0 saturated carbocycles. The molecule has 0 radical (unpaired) electrons. The monoisotopic (exact) mass is 606 g/mol. The summed E-state index contributed by atoms with van der Waals surface area (Å²) in [6.45, 7) is 8.48. The van der Waals surface area contributed by atoms with Crippen LogP contribution < -0.4 is 19.7 Å². The van der Waals surface area contributed by atoms with Crippen LogP contribution in [0.15, 0.2) is 84.9 Å². The molecule has 3 heterocycles. The molecule has 0 atom stereocenters. The minimum atomic E-state index is -0.443. The predicted octanol–water partition coefficient (Wildman–Crippen LogP) is 5.20. The fraction of sp³-hybridized carbons (Fsp3) is 0.314. The highest BCUT2D eigenvalue weighted by Crippen LogP contribution is 2.33. The van der Waals surface area contributed by atoms with Gasteiger partial charge in [-0.15, -0.1) is 10.2 Å². The Hall–Kier alpha value is -5.12. The topological polar surface area (TPSA) is 100 Å². The van der Waals surface area contributed by atoms with Crippen LogP contribution in [0.3, 0.4) is 0 Å². The number of ether oxygens (including phenoxy) is 2. The number of hydrogen-bond donors (Lipinski definition) is 1. The van der Waals surface area contributed by atoms with E-state index in [9.17, 15) is 9.59 Å². The molecule has 45 heavy (non-hydrogen) atoms. The lowest BCUT2D eigenvalue weighted by Gasteiger charge is -2.36. The highest BCUT2D eigenvalue weighted by molar-refractivity contribution is 5.84. The molecule has 1 saturated heterocycles. The molecule has 0 unspecified atom stereocenters. The van der Waals surface area contributed by atoms with Crippen LogP contribution in [-0.4, -0.2) is 77.0 Å². The summed E-state index contributed by atoms with van der Waals surface area (Å²) in [5.41, 5.74) is 4.56. The molecule has 1 aromatic heterocycles. The zero-order chi connectivity index (χ0) is 31.4. The van der Waals surface area contributed by atoms with Crippen molar-refractivity contribution in [3.05, 3.63) is 90.5 Å². The Morgan fingerprint density at radius 2 is 1.49 bits per heavy atom. The van der Waals surface area contributed by atoms with E-state index in [-0.39, 0.29) is 31.8 Å². The molecule has 0 bridgehead atoms. The van der Waals surface area contributed by atoms with Gasteiger partial charge in [-0.3, -0.25) is 4.79 Å². The Bertz CT molecular complexity index is 1630. The summed E-state index contributed by atoms with van der Waals surface area (Å²) in [6.07, 6.45) is 0. The quantitative estimate of drug-likeness (QED) is 0.309. The fourth-order valence-corrected chi connectivity index (χ4v) is 5.42. The van der Waals surface area contributed by atoms with Crippen molar-refractivity contribution < 1.29 is 19.1 Å². The van der Waals surface area contributed by atoms with Crippen molar-refractivity contribution in [2.24, 2.45) is 0 Å². The van der Waals surface area contributed by atoms with E-state index in [1.807, 2.05) is 74.2 Å². The highest BCUT2D eigenvalue weighted by atomic mass is 16.7. The molecular weight excluding hydrogens is 568 g/mol. The van der Waals surface area contributed by atoms with Crippen molar-refractivity contribution in [1.82, 2.24) is 25.3 Å². The number of piperazine rings is 1. The van der Waals surface area contributed by atoms with Gasteiger partial charge in [0.05, 0.1) is 5.69 Å². The van der Waals surface area contributed by atoms with Gasteiger partial charge in [-0.25, -0.2) is 4.79 Å². The second-order valence-corrected chi connectivity index (χ2v) is 12.3. The molecule has 2 aliphatic heterocycles. The molecule has 3 amide bonds. The average Bonchev–Trinajstić information content (AvgIpc) is 3.52. The number of nitrogens with zero attached hydrogens (tertiary/aromatic N) is 5. The fourth-order valence-electron chi connectivity index (χ4n) is 5.42. The molecule has 1 N–H and O–H groups in total. The maximum atomic E-state index is 13.4. The third kappa shape index (κ3) is 7.34. The number of hydrogen-bond acceptors (Lipinski definition) is 7. The van der Waals surface area contributed by atoms with Crippen LogP contribution in [0, 0.1) is 0 Å². The van der Waals surface area contributed by atoms with Gasteiger partial charge in [0.2, 0.25) is 12.7 Å². The van der Waals surface area contributed by atoms with Crippen LogP contribution >= 0.6 is 0 Å². The standard InChI is InChI=1S/C35H38N6O4/c1-35(2,3)36-34(43)41(22-25-9-15-30-31(21-25)45-24-44-30)23-33(42)40-19-17-39(18-20-40)32-16-14-29(37-38-32)28-12-10-27(11-13-28)26-7-5-4-6-8-26/h4-16,21H,17-20,22-24H2,1-3H3,(H,36,43). The minimum Gasteiger partial charge on any atom is -0.454 e. The van der Waals surface area contributed by atoms with Gasteiger partial charge < -0.3 is 29.5 Å². The Morgan fingerprint density at radius 1 is 0.800 bits per heavy atom. The summed E-state index contributed by atoms with van der Waals surface area (Å²) in [5.74, 6) is 2.00. The van der Waals surface area contributed by atoms with Crippen molar-refractivity contribution in [3.63, 3.8) is 0 Å². The summed E-state index contributed by atoms with van der Waals surface area (Å²) >= 11 is 0. The number of carbonyl (C=O) groups is 2. The van der Waals surface area contributed by atoms with Gasteiger partial charge in [-0.2, -0.15) is 0 Å². The van der Waals surface area contributed by atoms with Crippen molar-refractivity contribution >= 4 is 17.8 Å². The molecule has 6 rings (SSSR count). The van der Waals surface area contributed by atoms with E-state index < -0.39 is 5.54 Å². The van der Waals surface area contributed by atoms with Crippen molar-refractivity contribution in [1.29, 1.82) is 0 Å². The maximum absolute atomic E-state index is 13.4. The Morgan fingerprint density at radius 3 is 2.18 bits per heavy atom. The molecule has 10 heteroatoms. The van der Waals surface area contributed by atoms with E-state index in [1.165, 1.54) is 5.56 Å². The summed E-state index contributed by atoms with van der Waals surface area (Å²) < 4.78 is 10.9. The van der Waals surface area contributed by atoms with E-state index in [1.54, 1.807) is 4.90 Å². The van der Waals surface area contributed by atoms with Crippen LogP contribution in [0.4, 0.5) is 10.6 Å². The van der Waals surface area contributed by atoms with E-state index in [0.29, 0.717) is 37.7 Å². The molecule has 0 spiro atoms. The van der Waals surface area contributed by atoms with Crippen molar-refractivity contribution in [3.8, 4) is 33.9 Å². The Labute approximate surface area is 263 Å². The SMILES string of the molecule is CC(C)(C)NC(=O)N(CC(=O)N1CCN(c2ccc(-c3ccc(-c4ccccc4)cc3)nn2)CC1)Cc1ccc2c(c1)OCO2. The zero-order valence-corrected chi connectivity index (χ0v) is 25.9. The van der Waals surface area contributed by atoms with Gasteiger partial charge in [0, 0.05) is 43.8 Å².